The summed E-state index contributed by atoms with van der Waals surface area (Å²) in [5, 5.41) is -0.0834. The minimum absolute atomic E-state index is 0.0786. The number of alkyl halides is 2. The average Bonchev–Trinajstić information content (AvgIpc) is 2.30. The summed E-state index contributed by atoms with van der Waals surface area (Å²) in [6.07, 6.45) is -0.905. The Morgan fingerprint density at radius 3 is 2.25 bits per heavy atom. The van der Waals surface area contributed by atoms with Gasteiger partial charge in [0.2, 0.25) is 0 Å². The quantitative estimate of drug-likeness (QED) is 0.663. The third kappa shape index (κ3) is 2.00. The monoisotopic (exact) mass is 191 g/mol. The first-order chi connectivity index (χ1) is 5.41. The molecule has 0 aromatic carbocycles. The largest absolute Gasteiger partial charge is 0.289 e. The van der Waals surface area contributed by atoms with Crippen LogP contribution in [0, 0.1) is 0 Å². The Bertz CT molecular complexity index is 262. The van der Waals surface area contributed by atoms with E-state index < -0.39 is 6.43 Å². The molecule has 0 amide bonds. The maximum absolute atomic E-state index is 12.1. The second-order valence-corrected chi connectivity index (χ2v) is 4.68. The topological polar surface area (TPSA) is 12.9 Å². The highest BCUT2D eigenvalue weighted by molar-refractivity contribution is 7.11. The van der Waals surface area contributed by atoms with Gasteiger partial charge in [-0.05, 0) is 5.41 Å². The van der Waals surface area contributed by atoms with Gasteiger partial charge in [0.1, 0.15) is 0 Å². The van der Waals surface area contributed by atoms with E-state index in [1.807, 2.05) is 20.8 Å². The summed E-state index contributed by atoms with van der Waals surface area (Å²) < 4.78 is 24.2. The van der Waals surface area contributed by atoms with Gasteiger partial charge in [0.05, 0.1) is 0 Å². The lowest BCUT2D eigenvalue weighted by Gasteiger charge is -2.14. The first kappa shape index (κ1) is 9.58. The molecule has 0 aliphatic carbocycles. The Balaban J connectivity index is 2.92. The molecule has 1 aromatic heterocycles. The molecular formula is C8H11F2NS. The highest BCUT2D eigenvalue weighted by Crippen LogP contribution is 2.31. The van der Waals surface area contributed by atoms with E-state index in [9.17, 15) is 8.78 Å². The van der Waals surface area contributed by atoms with E-state index in [1.165, 1.54) is 6.20 Å². The molecule has 0 aliphatic rings. The predicted octanol–water partition coefficient (Wildman–Crippen LogP) is 3.38. The summed E-state index contributed by atoms with van der Waals surface area (Å²) in [6, 6.07) is 0. The zero-order valence-corrected chi connectivity index (χ0v) is 8.08. The van der Waals surface area contributed by atoms with Gasteiger partial charge < -0.3 is 0 Å². The second kappa shape index (κ2) is 3.09. The van der Waals surface area contributed by atoms with Crippen LogP contribution in [0.4, 0.5) is 8.78 Å². The number of hydrogen-bond donors (Lipinski definition) is 0. The van der Waals surface area contributed by atoms with E-state index in [0.29, 0.717) is 0 Å². The van der Waals surface area contributed by atoms with Crippen molar-refractivity contribution in [2.24, 2.45) is 0 Å². The third-order valence-electron chi connectivity index (χ3n) is 1.45. The van der Waals surface area contributed by atoms with Crippen molar-refractivity contribution in [2.45, 2.75) is 32.6 Å². The lowest BCUT2D eigenvalue weighted by atomic mass is 9.96. The Labute approximate surface area is 74.4 Å². The first-order valence-electron chi connectivity index (χ1n) is 3.65. The van der Waals surface area contributed by atoms with Crippen LogP contribution in [-0.2, 0) is 5.41 Å². The van der Waals surface area contributed by atoms with Gasteiger partial charge in [0.25, 0.3) is 6.43 Å². The minimum Gasteiger partial charge on any atom is -0.243 e. The van der Waals surface area contributed by atoms with Gasteiger partial charge in [0, 0.05) is 11.1 Å². The zero-order valence-electron chi connectivity index (χ0n) is 7.27. The molecule has 1 aromatic rings. The van der Waals surface area contributed by atoms with Crippen molar-refractivity contribution in [3.63, 3.8) is 0 Å². The van der Waals surface area contributed by atoms with Crippen LogP contribution in [0.15, 0.2) is 6.20 Å². The number of hydrogen-bond acceptors (Lipinski definition) is 2. The van der Waals surface area contributed by atoms with Crippen molar-refractivity contribution in [3.05, 3.63) is 16.1 Å². The number of aromatic nitrogens is 1. The fraction of sp³-hybridized carbons (Fsp3) is 0.625. The van der Waals surface area contributed by atoms with E-state index in [2.05, 4.69) is 4.98 Å². The molecular weight excluding hydrogens is 180 g/mol. The SMILES string of the molecule is CC(C)(C)c1cnc(C(F)F)s1. The molecule has 0 unspecified atom stereocenters. The summed E-state index contributed by atoms with van der Waals surface area (Å²) in [7, 11) is 0. The van der Waals surface area contributed by atoms with Gasteiger partial charge in [-0.3, -0.25) is 0 Å². The number of halogens is 2. The van der Waals surface area contributed by atoms with Crippen LogP contribution in [0.25, 0.3) is 0 Å². The molecule has 0 saturated carbocycles. The van der Waals surface area contributed by atoms with Crippen LogP contribution in [0.2, 0.25) is 0 Å². The van der Waals surface area contributed by atoms with Crippen molar-refractivity contribution in [1.82, 2.24) is 4.98 Å². The highest BCUT2D eigenvalue weighted by Gasteiger charge is 2.20. The van der Waals surface area contributed by atoms with Crippen LogP contribution in [0.5, 0.6) is 0 Å². The zero-order chi connectivity index (χ0) is 9.35. The van der Waals surface area contributed by atoms with E-state index in [4.69, 9.17) is 0 Å². The van der Waals surface area contributed by atoms with Gasteiger partial charge >= 0.3 is 0 Å². The normalized spacial score (nSPS) is 12.5. The summed E-state index contributed by atoms with van der Waals surface area (Å²) in [5.74, 6) is 0. The minimum atomic E-state index is -2.44. The van der Waals surface area contributed by atoms with Crippen LogP contribution in [0.1, 0.15) is 37.1 Å². The summed E-state index contributed by atoms with van der Waals surface area (Å²) >= 11 is 1.09. The summed E-state index contributed by atoms with van der Waals surface area (Å²) in [4.78, 5) is 4.55. The van der Waals surface area contributed by atoms with Crippen LogP contribution < -0.4 is 0 Å². The van der Waals surface area contributed by atoms with Gasteiger partial charge in [-0.1, -0.05) is 20.8 Å². The molecule has 0 radical (unpaired) electrons. The van der Waals surface area contributed by atoms with Crippen LogP contribution in [-0.4, -0.2) is 4.98 Å². The lowest BCUT2D eigenvalue weighted by molar-refractivity contribution is 0.151. The molecule has 0 bridgehead atoms. The Morgan fingerprint density at radius 1 is 1.42 bits per heavy atom. The molecule has 0 N–H and O–H groups in total. The molecule has 0 atom stereocenters. The number of rotatable bonds is 1. The number of nitrogens with zero attached hydrogens (tertiary/aromatic N) is 1. The van der Waals surface area contributed by atoms with Gasteiger partial charge in [-0.15, -0.1) is 11.3 Å². The average molecular weight is 191 g/mol. The van der Waals surface area contributed by atoms with E-state index in [-0.39, 0.29) is 10.4 Å². The summed E-state index contributed by atoms with van der Waals surface area (Å²) in [5.41, 5.74) is -0.0786. The molecule has 1 rings (SSSR count). The Hall–Kier alpha value is -0.510. The van der Waals surface area contributed by atoms with Crippen molar-refractivity contribution in [2.75, 3.05) is 0 Å². The van der Waals surface area contributed by atoms with Crippen LogP contribution >= 0.6 is 11.3 Å². The molecule has 0 spiro atoms. The number of thiazole rings is 1. The fourth-order valence-corrected chi connectivity index (χ4v) is 1.57. The fourth-order valence-electron chi connectivity index (χ4n) is 0.735. The van der Waals surface area contributed by atoms with E-state index in [1.54, 1.807) is 0 Å². The van der Waals surface area contributed by atoms with Crippen molar-refractivity contribution in [1.29, 1.82) is 0 Å². The molecule has 0 fully saturated rings. The maximum atomic E-state index is 12.1. The molecule has 1 nitrogen and oxygen atoms in total. The molecule has 4 heteroatoms. The molecule has 0 saturated heterocycles. The maximum Gasteiger partial charge on any atom is 0.289 e. The third-order valence-corrected chi connectivity index (χ3v) is 2.88. The standard InChI is InChI=1S/C8H11F2NS/c1-8(2,3)5-4-11-7(12-5)6(9)10/h4,6H,1-3H3. The first-order valence-corrected chi connectivity index (χ1v) is 4.47. The van der Waals surface area contributed by atoms with Gasteiger partial charge in [0.15, 0.2) is 5.01 Å². The van der Waals surface area contributed by atoms with Gasteiger partial charge in [-0.2, -0.15) is 0 Å². The molecule has 1 heterocycles. The summed E-state index contributed by atoms with van der Waals surface area (Å²) in [6.45, 7) is 5.95. The molecule has 12 heavy (non-hydrogen) atoms. The van der Waals surface area contributed by atoms with Crippen molar-refractivity contribution in [3.8, 4) is 0 Å². The van der Waals surface area contributed by atoms with Crippen molar-refractivity contribution < 1.29 is 8.78 Å². The lowest BCUT2D eigenvalue weighted by Crippen LogP contribution is -2.07. The molecule has 68 valence electrons. The highest BCUT2D eigenvalue weighted by atomic mass is 32.1. The van der Waals surface area contributed by atoms with Crippen molar-refractivity contribution >= 4 is 11.3 Å². The van der Waals surface area contributed by atoms with E-state index in [0.717, 1.165) is 16.2 Å². The van der Waals surface area contributed by atoms with Gasteiger partial charge in [-0.25, -0.2) is 13.8 Å². The molecule has 0 aliphatic heterocycles. The Morgan fingerprint density at radius 2 is 2.00 bits per heavy atom. The Kier molecular flexibility index (Phi) is 2.46. The van der Waals surface area contributed by atoms with Crippen LogP contribution in [0.3, 0.4) is 0 Å². The van der Waals surface area contributed by atoms with E-state index >= 15 is 0 Å². The second-order valence-electron chi connectivity index (χ2n) is 3.61. The smallest absolute Gasteiger partial charge is 0.243 e. The predicted molar refractivity (Wildman–Crippen MR) is 45.8 cm³/mol.